The lowest BCUT2D eigenvalue weighted by Crippen LogP contribution is -2.50. The number of halogens is 1. The highest BCUT2D eigenvalue weighted by atomic mass is 127. The SMILES string of the molecule is CCOC(=O)C[C@H](C)N1CC(=O)N(C(C)(C)C)c2ccc(I)cc2C1=O. The molecule has 0 radical (unpaired) electrons. The summed E-state index contributed by atoms with van der Waals surface area (Å²) in [6.45, 7) is 9.54. The first-order valence-corrected chi connectivity index (χ1v) is 9.73. The van der Waals surface area contributed by atoms with E-state index in [1.165, 1.54) is 4.90 Å². The van der Waals surface area contributed by atoms with E-state index in [1.54, 1.807) is 24.8 Å². The van der Waals surface area contributed by atoms with Crippen molar-refractivity contribution in [2.45, 2.75) is 52.6 Å². The Hall–Kier alpha value is -1.64. The summed E-state index contributed by atoms with van der Waals surface area (Å²) in [4.78, 5) is 41.2. The zero-order valence-corrected chi connectivity index (χ0v) is 18.0. The minimum absolute atomic E-state index is 0.0572. The van der Waals surface area contributed by atoms with Gasteiger partial charge in [-0.1, -0.05) is 0 Å². The zero-order chi connectivity index (χ0) is 19.6. The number of fused-ring (bicyclic) bond motifs is 1. The van der Waals surface area contributed by atoms with Crippen molar-refractivity contribution in [3.8, 4) is 0 Å². The van der Waals surface area contributed by atoms with Crippen LogP contribution in [0.2, 0.25) is 0 Å². The predicted molar refractivity (Wildman–Crippen MR) is 108 cm³/mol. The third kappa shape index (κ3) is 4.36. The van der Waals surface area contributed by atoms with Gasteiger partial charge in [0.05, 0.1) is 24.3 Å². The van der Waals surface area contributed by atoms with Gasteiger partial charge in [-0.05, 0) is 75.4 Å². The number of anilines is 1. The third-order valence-corrected chi connectivity index (χ3v) is 4.89. The monoisotopic (exact) mass is 472 g/mol. The molecule has 0 N–H and O–H groups in total. The summed E-state index contributed by atoms with van der Waals surface area (Å²) in [7, 11) is 0. The number of carbonyl (C=O) groups excluding carboxylic acids is 3. The summed E-state index contributed by atoms with van der Waals surface area (Å²) in [5.41, 5.74) is 0.617. The molecule has 0 aromatic heterocycles. The average Bonchev–Trinajstić information content (AvgIpc) is 2.62. The third-order valence-electron chi connectivity index (χ3n) is 4.22. The summed E-state index contributed by atoms with van der Waals surface area (Å²) < 4.78 is 5.90. The molecule has 0 spiro atoms. The molecule has 142 valence electrons. The van der Waals surface area contributed by atoms with Crippen LogP contribution in [0.15, 0.2) is 18.2 Å². The lowest BCUT2D eigenvalue weighted by atomic mass is 10.0. The van der Waals surface area contributed by atoms with Crippen molar-refractivity contribution in [3.63, 3.8) is 0 Å². The number of carbonyl (C=O) groups is 3. The minimum Gasteiger partial charge on any atom is -0.466 e. The van der Waals surface area contributed by atoms with E-state index >= 15 is 0 Å². The molecule has 0 saturated carbocycles. The van der Waals surface area contributed by atoms with Crippen molar-refractivity contribution in [1.82, 2.24) is 4.90 Å². The molecule has 1 aromatic carbocycles. The second kappa shape index (κ2) is 7.94. The summed E-state index contributed by atoms with van der Waals surface area (Å²) in [5.74, 6) is -0.781. The molecular weight excluding hydrogens is 447 g/mol. The van der Waals surface area contributed by atoms with Crippen molar-refractivity contribution in [3.05, 3.63) is 27.3 Å². The molecule has 2 rings (SSSR count). The first-order chi connectivity index (χ1) is 12.1. The van der Waals surface area contributed by atoms with Crippen LogP contribution in [0.4, 0.5) is 5.69 Å². The van der Waals surface area contributed by atoms with Gasteiger partial charge in [0.2, 0.25) is 5.91 Å². The molecule has 0 bridgehead atoms. The molecule has 26 heavy (non-hydrogen) atoms. The fraction of sp³-hybridized carbons (Fsp3) is 0.526. The van der Waals surface area contributed by atoms with E-state index in [1.807, 2.05) is 32.9 Å². The number of benzene rings is 1. The number of amides is 2. The van der Waals surface area contributed by atoms with E-state index in [9.17, 15) is 14.4 Å². The van der Waals surface area contributed by atoms with Crippen molar-refractivity contribution < 1.29 is 19.1 Å². The van der Waals surface area contributed by atoms with Gasteiger partial charge in [0, 0.05) is 15.2 Å². The Morgan fingerprint density at radius 1 is 1.31 bits per heavy atom. The second-order valence-corrected chi connectivity index (χ2v) is 8.60. The zero-order valence-electron chi connectivity index (χ0n) is 15.8. The largest absolute Gasteiger partial charge is 0.466 e. The van der Waals surface area contributed by atoms with Crippen LogP contribution in [0.5, 0.6) is 0 Å². The molecule has 1 aliphatic rings. The highest BCUT2D eigenvalue weighted by Crippen LogP contribution is 2.33. The van der Waals surface area contributed by atoms with Crippen LogP contribution >= 0.6 is 22.6 Å². The molecule has 1 aromatic rings. The predicted octanol–water partition coefficient (Wildman–Crippen LogP) is 3.22. The Labute approximate surface area is 168 Å². The van der Waals surface area contributed by atoms with E-state index in [0.29, 0.717) is 11.3 Å². The van der Waals surface area contributed by atoms with Gasteiger partial charge >= 0.3 is 5.97 Å². The maximum Gasteiger partial charge on any atom is 0.307 e. The van der Waals surface area contributed by atoms with Gasteiger partial charge in [-0.2, -0.15) is 0 Å². The first kappa shape index (κ1) is 20.7. The lowest BCUT2D eigenvalue weighted by molar-refractivity contribution is -0.144. The lowest BCUT2D eigenvalue weighted by Gasteiger charge is -2.35. The molecule has 2 amide bonds. The molecule has 1 heterocycles. The quantitative estimate of drug-likeness (QED) is 0.499. The normalized spacial score (nSPS) is 16.2. The van der Waals surface area contributed by atoms with Gasteiger partial charge in [0.1, 0.15) is 6.54 Å². The van der Waals surface area contributed by atoms with Gasteiger partial charge in [-0.3, -0.25) is 14.4 Å². The standard InChI is InChI=1S/C19H25IN2O4/c1-6-26-17(24)9-12(2)21-11-16(23)22(19(3,4)5)15-8-7-13(20)10-14(15)18(21)25/h7-8,10,12H,6,9,11H2,1-5H3/t12-/m0/s1. The van der Waals surface area contributed by atoms with Crippen molar-refractivity contribution in [2.75, 3.05) is 18.1 Å². The van der Waals surface area contributed by atoms with E-state index in [2.05, 4.69) is 22.6 Å². The second-order valence-electron chi connectivity index (χ2n) is 7.35. The van der Waals surface area contributed by atoms with E-state index < -0.39 is 11.6 Å². The van der Waals surface area contributed by atoms with Gasteiger partial charge in [-0.15, -0.1) is 0 Å². The van der Waals surface area contributed by atoms with Crippen molar-refractivity contribution in [2.24, 2.45) is 0 Å². The number of nitrogens with zero attached hydrogens (tertiary/aromatic N) is 2. The van der Waals surface area contributed by atoms with E-state index in [0.717, 1.165) is 3.57 Å². The molecule has 1 aliphatic heterocycles. The number of hydrogen-bond donors (Lipinski definition) is 0. The van der Waals surface area contributed by atoms with Gasteiger partial charge in [0.25, 0.3) is 5.91 Å². The summed E-state index contributed by atoms with van der Waals surface area (Å²) in [6, 6.07) is 5.06. The average molecular weight is 472 g/mol. The van der Waals surface area contributed by atoms with Crippen LogP contribution in [-0.4, -0.2) is 47.4 Å². The molecule has 1 atom stereocenters. The molecule has 6 nitrogen and oxygen atoms in total. The first-order valence-electron chi connectivity index (χ1n) is 8.65. The maximum atomic E-state index is 13.2. The molecule has 0 aliphatic carbocycles. The number of esters is 1. The molecule has 0 unspecified atom stereocenters. The molecular formula is C19H25IN2O4. The van der Waals surface area contributed by atoms with Crippen LogP contribution in [-0.2, 0) is 14.3 Å². The minimum atomic E-state index is -0.473. The van der Waals surface area contributed by atoms with Crippen LogP contribution in [0.1, 0.15) is 51.4 Å². The Bertz CT molecular complexity index is 727. The van der Waals surface area contributed by atoms with Crippen molar-refractivity contribution >= 4 is 46.1 Å². The van der Waals surface area contributed by atoms with E-state index in [-0.39, 0.29) is 37.4 Å². The van der Waals surface area contributed by atoms with Crippen LogP contribution in [0.25, 0.3) is 0 Å². The summed E-state index contributed by atoms with van der Waals surface area (Å²) in [6.07, 6.45) is 0.0572. The van der Waals surface area contributed by atoms with Gasteiger partial charge in [0.15, 0.2) is 0 Å². The number of rotatable bonds is 4. The van der Waals surface area contributed by atoms with Crippen LogP contribution in [0, 0.1) is 3.57 Å². The molecule has 0 fully saturated rings. The molecule has 7 heteroatoms. The number of hydrogen-bond acceptors (Lipinski definition) is 4. The maximum absolute atomic E-state index is 13.2. The fourth-order valence-electron chi connectivity index (χ4n) is 3.11. The van der Waals surface area contributed by atoms with Gasteiger partial charge in [-0.25, -0.2) is 0 Å². The Morgan fingerprint density at radius 2 is 1.96 bits per heavy atom. The Morgan fingerprint density at radius 3 is 2.54 bits per heavy atom. The van der Waals surface area contributed by atoms with Crippen molar-refractivity contribution in [1.29, 1.82) is 0 Å². The Kier molecular flexibility index (Phi) is 6.31. The highest BCUT2D eigenvalue weighted by molar-refractivity contribution is 14.1. The summed E-state index contributed by atoms with van der Waals surface area (Å²) in [5, 5.41) is 0. The Balaban J connectivity index is 2.47. The van der Waals surface area contributed by atoms with E-state index in [4.69, 9.17) is 4.74 Å². The topological polar surface area (TPSA) is 66.9 Å². The van der Waals surface area contributed by atoms with Crippen LogP contribution < -0.4 is 4.90 Å². The smallest absolute Gasteiger partial charge is 0.307 e. The summed E-state index contributed by atoms with van der Waals surface area (Å²) >= 11 is 2.15. The fourth-order valence-corrected chi connectivity index (χ4v) is 3.61. The highest BCUT2D eigenvalue weighted by Gasteiger charge is 2.38. The van der Waals surface area contributed by atoms with Gasteiger partial charge < -0.3 is 14.5 Å². The molecule has 0 saturated heterocycles. The number of ether oxygens (including phenoxy) is 1. The van der Waals surface area contributed by atoms with Crippen LogP contribution in [0.3, 0.4) is 0 Å².